The molecule has 0 aromatic heterocycles. The number of halogens is 1. The Morgan fingerprint density at radius 3 is 2.65 bits per heavy atom. The molecule has 2 fully saturated rings. The number of aliphatic hydroxyl groups excluding tert-OH is 1. The van der Waals surface area contributed by atoms with Gasteiger partial charge in [-0.15, -0.1) is 0 Å². The molecule has 0 unspecified atom stereocenters. The van der Waals surface area contributed by atoms with Crippen molar-refractivity contribution in [2.75, 3.05) is 31.1 Å². The van der Waals surface area contributed by atoms with Crippen LogP contribution in [0.15, 0.2) is 24.3 Å². The summed E-state index contributed by atoms with van der Waals surface area (Å²) in [5.41, 5.74) is 1.24. The van der Waals surface area contributed by atoms with Gasteiger partial charge in [0.15, 0.2) is 0 Å². The number of aliphatic hydroxyl groups is 1. The monoisotopic (exact) mass is 278 g/mol. The molecule has 1 aliphatic carbocycles. The molecule has 1 saturated heterocycles. The molecular weight excluding hydrogens is 255 g/mol. The number of hydrogen-bond acceptors (Lipinski definition) is 3. The maximum atomic E-state index is 12.9. The number of nitrogens with one attached hydrogen (secondary N) is 1. The maximum Gasteiger partial charge on any atom is 0.123 e. The summed E-state index contributed by atoms with van der Waals surface area (Å²) in [6, 6.07) is 7.21. The van der Waals surface area contributed by atoms with Gasteiger partial charge in [0.1, 0.15) is 5.82 Å². The highest BCUT2D eigenvalue weighted by Gasteiger charge is 2.37. The second kappa shape index (κ2) is 5.70. The average molecular weight is 278 g/mol. The third-order valence-electron chi connectivity index (χ3n) is 4.90. The summed E-state index contributed by atoms with van der Waals surface area (Å²) < 4.78 is 12.9. The van der Waals surface area contributed by atoms with Gasteiger partial charge in [-0.05, 0) is 43.5 Å². The molecule has 0 spiro atoms. The van der Waals surface area contributed by atoms with E-state index >= 15 is 0 Å². The third-order valence-corrected chi connectivity index (χ3v) is 4.90. The molecule has 2 aliphatic rings. The highest BCUT2D eigenvalue weighted by atomic mass is 19.1. The minimum atomic E-state index is -0.183. The van der Waals surface area contributed by atoms with E-state index in [0.717, 1.165) is 44.6 Å². The van der Waals surface area contributed by atoms with Gasteiger partial charge in [-0.1, -0.05) is 6.42 Å². The summed E-state index contributed by atoms with van der Waals surface area (Å²) in [7, 11) is 0. The van der Waals surface area contributed by atoms with E-state index in [1.54, 1.807) is 0 Å². The first kappa shape index (κ1) is 13.8. The van der Waals surface area contributed by atoms with Crippen molar-refractivity contribution in [1.82, 2.24) is 5.32 Å². The van der Waals surface area contributed by atoms with Gasteiger partial charge in [0.2, 0.25) is 0 Å². The van der Waals surface area contributed by atoms with Gasteiger partial charge in [-0.2, -0.15) is 0 Å². The van der Waals surface area contributed by atoms with E-state index in [1.807, 2.05) is 12.1 Å². The van der Waals surface area contributed by atoms with Crippen LogP contribution >= 0.6 is 0 Å². The summed E-state index contributed by atoms with van der Waals surface area (Å²) in [5.74, 6) is -0.183. The third kappa shape index (κ3) is 2.81. The predicted molar refractivity (Wildman–Crippen MR) is 78.4 cm³/mol. The molecule has 3 nitrogen and oxygen atoms in total. The fraction of sp³-hybridized carbons (Fsp3) is 0.625. The van der Waals surface area contributed by atoms with Crippen LogP contribution in [0.2, 0.25) is 0 Å². The largest absolute Gasteiger partial charge is 0.396 e. The van der Waals surface area contributed by atoms with Crippen LogP contribution in [0.1, 0.15) is 25.7 Å². The lowest BCUT2D eigenvalue weighted by Crippen LogP contribution is -2.46. The number of rotatable bonds is 5. The van der Waals surface area contributed by atoms with Crippen LogP contribution < -0.4 is 10.2 Å². The van der Waals surface area contributed by atoms with Crippen molar-refractivity contribution >= 4 is 5.69 Å². The minimum absolute atomic E-state index is 0.142. The van der Waals surface area contributed by atoms with E-state index in [1.165, 1.54) is 18.6 Å². The van der Waals surface area contributed by atoms with Gasteiger partial charge in [-0.3, -0.25) is 0 Å². The van der Waals surface area contributed by atoms with Gasteiger partial charge in [0.25, 0.3) is 0 Å². The second-order valence-corrected chi connectivity index (χ2v) is 6.30. The van der Waals surface area contributed by atoms with E-state index in [2.05, 4.69) is 10.2 Å². The van der Waals surface area contributed by atoms with E-state index in [0.29, 0.717) is 12.6 Å². The van der Waals surface area contributed by atoms with Crippen molar-refractivity contribution in [2.24, 2.45) is 5.41 Å². The summed E-state index contributed by atoms with van der Waals surface area (Å²) in [6.07, 6.45) is 4.64. The van der Waals surface area contributed by atoms with Gasteiger partial charge in [0, 0.05) is 43.4 Å². The minimum Gasteiger partial charge on any atom is -0.396 e. The molecule has 1 saturated carbocycles. The van der Waals surface area contributed by atoms with Crippen LogP contribution in [0.25, 0.3) is 0 Å². The van der Waals surface area contributed by atoms with Crippen molar-refractivity contribution in [3.05, 3.63) is 30.1 Å². The van der Waals surface area contributed by atoms with Crippen LogP contribution in [0.3, 0.4) is 0 Å². The lowest BCUT2D eigenvalue weighted by atomic mass is 9.69. The maximum absolute atomic E-state index is 12.9. The summed E-state index contributed by atoms with van der Waals surface area (Å²) in [4.78, 5) is 2.30. The summed E-state index contributed by atoms with van der Waals surface area (Å²) in [6.45, 7) is 3.20. The Morgan fingerprint density at radius 2 is 2.05 bits per heavy atom. The normalized spacial score (nSPS) is 24.7. The summed E-state index contributed by atoms with van der Waals surface area (Å²) in [5, 5.41) is 13.1. The number of nitrogens with zero attached hydrogens (tertiary/aromatic N) is 1. The second-order valence-electron chi connectivity index (χ2n) is 6.30. The van der Waals surface area contributed by atoms with Gasteiger partial charge in [0.05, 0.1) is 0 Å². The molecule has 1 aromatic carbocycles. The molecule has 2 N–H and O–H groups in total. The van der Waals surface area contributed by atoms with Crippen LogP contribution in [0.4, 0.5) is 10.1 Å². The smallest absolute Gasteiger partial charge is 0.123 e. The highest BCUT2D eigenvalue weighted by molar-refractivity contribution is 5.47. The zero-order valence-electron chi connectivity index (χ0n) is 11.8. The zero-order valence-corrected chi connectivity index (χ0v) is 11.8. The molecule has 1 atom stereocenters. The average Bonchev–Trinajstić information content (AvgIpc) is 2.88. The Morgan fingerprint density at radius 1 is 1.30 bits per heavy atom. The SMILES string of the molecule is OCC1(CN[C@@H]2CCN(c3ccc(F)cc3)C2)CCC1. The Kier molecular flexibility index (Phi) is 3.94. The molecule has 110 valence electrons. The zero-order chi connectivity index (χ0) is 14.0. The topological polar surface area (TPSA) is 35.5 Å². The number of anilines is 1. The quantitative estimate of drug-likeness (QED) is 0.866. The standard InChI is InChI=1S/C16H23FN2O/c17-13-2-4-15(5-3-13)19-9-6-14(10-19)18-11-16(12-20)7-1-8-16/h2-5,14,18,20H,1,6-12H2/t14-/m1/s1. The predicted octanol–water partition coefficient (Wildman–Crippen LogP) is 2.16. The van der Waals surface area contributed by atoms with Crippen LogP contribution in [0.5, 0.6) is 0 Å². The first-order valence-corrected chi connectivity index (χ1v) is 7.56. The lowest BCUT2D eigenvalue weighted by Gasteiger charge is -2.41. The van der Waals surface area contributed by atoms with E-state index in [9.17, 15) is 9.50 Å². The Labute approximate surface area is 119 Å². The Balaban J connectivity index is 1.50. The molecule has 1 aliphatic heterocycles. The van der Waals surface area contributed by atoms with Crippen molar-refractivity contribution in [3.63, 3.8) is 0 Å². The van der Waals surface area contributed by atoms with Gasteiger partial charge >= 0.3 is 0 Å². The molecule has 3 rings (SSSR count). The molecule has 0 radical (unpaired) electrons. The highest BCUT2D eigenvalue weighted by Crippen LogP contribution is 2.39. The lowest BCUT2D eigenvalue weighted by molar-refractivity contribution is 0.0426. The summed E-state index contributed by atoms with van der Waals surface area (Å²) >= 11 is 0. The van der Waals surface area contributed by atoms with Crippen molar-refractivity contribution in [3.8, 4) is 0 Å². The van der Waals surface area contributed by atoms with Gasteiger partial charge < -0.3 is 15.3 Å². The molecule has 1 heterocycles. The fourth-order valence-corrected chi connectivity index (χ4v) is 3.24. The van der Waals surface area contributed by atoms with Crippen molar-refractivity contribution in [1.29, 1.82) is 0 Å². The van der Waals surface area contributed by atoms with E-state index < -0.39 is 0 Å². The van der Waals surface area contributed by atoms with Crippen molar-refractivity contribution < 1.29 is 9.50 Å². The van der Waals surface area contributed by atoms with Crippen LogP contribution in [0, 0.1) is 11.2 Å². The van der Waals surface area contributed by atoms with E-state index in [-0.39, 0.29) is 11.2 Å². The molecule has 4 heteroatoms. The van der Waals surface area contributed by atoms with Crippen molar-refractivity contribution in [2.45, 2.75) is 31.7 Å². The fourth-order valence-electron chi connectivity index (χ4n) is 3.24. The molecular formula is C16H23FN2O. The first-order chi connectivity index (χ1) is 9.71. The number of benzene rings is 1. The first-order valence-electron chi connectivity index (χ1n) is 7.56. The Hall–Kier alpha value is -1.13. The van der Waals surface area contributed by atoms with Gasteiger partial charge in [-0.25, -0.2) is 4.39 Å². The molecule has 0 bridgehead atoms. The molecule has 20 heavy (non-hydrogen) atoms. The van der Waals surface area contributed by atoms with E-state index in [4.69, 9.17) is 0 Å². The Bertz CT molecular complexity index is 439. The molecule has 0 amide bonds. The molecule has 1 aromatic rings. The van der Waals surface area contributed by atoms with Crippen LogP contribution in [-0.2, 0) is 0 Å². The van der Waals surface area contributed by atoms with Crippen LogP contribution in [-0.4, -0.2) is 37.4 Å². The number of hydrogen-bond donors (Lipinski definition) is 2.